The maximum absolute atomic E-state index is 10.6. The molecule has 100 valence electrons. The summed E-state index contributed by atoms with van der Waals surface area (Å²) in [6, 6.07) is 7.20. The molecule has 0 aliphatic carbocycles. The van der Waals surface area contributed by atoms with Gasteiger partial charge in [-0.3, -0.25) is 4.79 Å². The van der Waals surface area contributed by atoms with Crippen molar-refractivity contribution in [1.29, 1.82) is 0 Å². The first-order valence-corrected chi connectivity index (χ1v) is 5.83. The summed E-state index contributed by atoms with van der Waals surface area (Å²) in [4.78, 5) is 14.7. The van der Waals surface area contributed by atoms with Crippen molar-refractivity contribution >= 4 is 17.7 Å². The number of hydrogen-bond acceptors (Lipinski definition) is 5. The number of carboxylic acids is 1. The van der Waals surface area contributed by atoms with Crippen molar-refractivity contribution in [2.24, 2.45) is 5.73 Å². The molecule has 0 saturated heterocycles. The van der Waals surface area contributed by atoms with Crippen LogP contribution >= 0.6 is 0 Å². The van der Waals surface area contributed by atoms with Gasteiger partial charge < -0.3 is 20.6 Å². The average Bonchev–Trinajstić information content (AvgIpc) is 2.80. The maximum atomic E-state index is 10.6. The van der Waals surface area contributed by atoms with E-state index in [1.807, 2.05) is 6.92 Å². The topological polar surface area (TPSA) is 101 Å². The zero-order chi connectivity index (χ0) is 13.8. The number of rotatable bonds is 5. The normalized spacial score (nSPS) is 12.1. The maximum Gasteiger partial charge on any atom is 0.307 e. The lowest BCUT2D eigenvalue weighted by Gasteiger charge is -2.03. The van der Waals surface area contributed by atoms with Gasteiger partial charge in [0.05, 0.1) is 12.1 Å². The fourth-order valence-corrected chi connectivity index (χ4v) is 1.56. The number of oxazole rings is 1. The Morgan fingerprint density at radius 3 is 2.68 bits per heavy atom. The Hall–Kier alpha value is -2.34. The largest absolute Gasteiger partial charge is 0.481 e. The lowest BCUT2D eigenvalue weighted by Crippen LogP contribution is -2.05. The summed E-state index contributed by atoms with van der Waals surface area (Å²) in [6.45, 7) is 1.82. The molecule has 2 rings (SSSR count). The highest BCUT2D eigenvalue weighted by Gasteiger charge is 2.07. The fourth-order valence-electron chi connectivity index (χ4n) is 1.56. The summed E-state index contributed by atoms with van der Waals surface area (Å²) in [5, 5.41) is 11.7. The smallest absolute Gasteiger partial charge is 0.307 e. The van der Waals surface area contributed by atoms with E-state index in [-0.39, 0.29) is 12.5 Å². The number of anilines is 2. The second-order valence-corrected chi connectivity index (χ2v) is 4.26. The zero-order valence-corrected chi connectivity index (χ0v) is 10.5. The van der Waals surface area contributed by atoms with Gasteiger partial charge in [-0.1, -0.05) is 12.1 Å². The van der Waals surface area contributed by atoms with Crippen molar-refractivity contribution in [2.45, 2.75) is 19.4 Å². The van der Waals surface area contributed by atoms with Crippen molar-refractivity contribution in [2.75, 3.05) is 5.32 Å². The van der Waals surface area contributed by atoms with Crippen LogP contribution in [-0.2, 0) is 11.2 Å². The Bertz CT molecular complexity index is 561. The number of aliphatic carboxylic acids is 1. The summed E-state index contributed by atoms with van der Waals surface area (Å²) in [5.41, 5.74) is 7.86. The first-order chi connectivity index (χ1) is 9.04. The van der Waals surface area contributed by atoms with E-state index in [1.165, 1.54) is 6.26 Å². The predicted octanol–water partition coefficient (Wildman–Crippen LogP) is 2.07. The van der Waals surface area contributed by atoms with E-state index in [4.69, 9.17) is 15.3 Å². The van der Waals surface area contributed by atoms with Gasteiger partial charge in [-0.2, -0.15) is 4.98 Å². The monoisotopic (exact) mass is 261 g/mol. The predicted molar refractivity (Wildman–Crippen MR) is 70.2 cm³/mol. The van der Waals surface area contributed by atoms with Crippen LogP contribution in [0.4, 0.5) is 11.7 Å². The molecule has 1 aromatic carbocycles. The van der Waals surface area contributed by atoms with Gasteiger partial charge in [0, 0.05) is 11.7 Å². The molecule has 0 bridgehead atoms. The molecule has 1 heterocycles. The molecule has 6 heteroatoms. The highest BCUT2D eigenvalue weighted by atomic mass is 16.4. The molecule has 6 nitrogen and oxygen atoms in total. The van der Waals surface area contributed by atoms with E-state index in [0.29, 0.717) is 11.7 Å². The summed E-state index contributed by atoms with van der Waals surface area (Å²) in [7, 11) is 0. The SMILES string of the molecule is CC(N)c1coc(Nc2ccc(CC(=O)O)cc2)n1. The van der Waals surface area contributed by atoms with Crippen LogP contribution in [0.25, 0.3) is 0 Å². The van der Waals surface area contributed by atoms with Crippen LogP contribution < -0.4 is 11.1 Å². The van der Waals surface area contributed by atoms with Crippen LogP contribution in [0.2, 0.25) is 0 Å². The molecule has 1 unspecified atom stereocenters. The Balaban J connectivity index is 2.04. The summed E-state index contributed by atoms with van der Waals surface area (Å²) in [5.74, 6) is -0.852. The van der Waals surface area contributed by atoms with Crippen molar-refractivity contribution in [3.8, 4) is 0 Å². The summed E-state index contributed by atoms with van der Waals surface area (Å²) < 4.78 is 5.23. The molecule has 0 radical (unpaired) electrons. The number of nitrogens with two attached hydrogens (primary N) is 1. The van der Waals surface area contributed by atoms with Gasteiger partial charge >= 0.3 is 5.97 Å². The van der Waals surface area contributed by atoms with Crippen LogP contribution in [0.1, 0.15) is 24.2 Å². The Morgan fingerprint density at radius 1 is 1.47 bits per heavy atom. The standard InChI is InChI=1S/C13H15N3O3/c1-8(14)11-7-19-13(16-11)15-10-4-2-9(3-5-10)6-12(17)18/h2-5,7-8H,6,14H2,1H3,(H,15,16)(H,17,18). The zero-order valence-electron chi connectivity index (χ0n) is 10.5. The molecule has 0 aliphatic rings. The fraction of sp³-hybridized carbons (Fsp3) is 0.231. The van der Waals surface area contributed by atoms with E-state index in [1.54, 1.807) is 24.3 Å². The number of aromatic nitrogens is 1. The van der Waals surface area contributed by atoms with Crippen LogP contribution in [0.15, 0.2) is 34.9 Å². The quantitative estimate of drug-likeness (QED) is 0.761. The highest BCUT2D eigenvalue weighted by molar-refractivity contribution is 5.70. The van der Waals surface area contributed by atoms with Gasteiger partial charge in [0.1, 0.15) is 6.26 Å². The second kappa shape index (κ2) is 5.53. The summed E-state index contributed by atoms with van der Waals surface area (Å²) >= 11 is 0. The van der Waals surface area contributed by atoms with Gasteiger partial charge in [0.15, 0.2) is 0 Å². The van der Waals surface area contributed by atoms with Crippen LogP contribution in [0.3, 0.4) is 0 Å². The summed E-state index contributed by atoms with van der Waals surface area (Å²) in [6.07, 6.45) is 1.51. The lowest BCUT2D eigenvalue weighted by atomic mass is 10.1. The van der Waals surface area contributed by atoms with Gasteiger partial charge in [-0.05, 0) is 24.6 Å². The molecular formula is C13H15N3O3. The van der Waals surface area contributed by atoms with Gasteiger partial charge in [0.2, 0.25) is 0 Å². The third-order valence-electron chi connectivity index (χ3n) is 2.55. The molecule has 0 amide bonds. The number of carboxylic acid groups (broad SMARTS) is 1. The van der Waals surface area contributed by atoms with Crippen molar-refractivity contribution in [3.63, 3.8) is 0 Å². The van der Waals surface area contributed by atoms with Crippen LogP contribution in [-0.4, -0.2) is 16.1 Å². The molecule has 1 atom stereocenters. The molecule has 4 N–H and O–H groups in total. The van der Waals surface area contributed by atoms with Crippen LogP contribution in [0, 0.1) is 0 Å². The van der Waals surface area contributed by atoms with Crippen molar-refractivity contribution < 1.29 is 14.3 Å². The van der Waals surface area contributed by atoms with E-state index in [2.05, 4.69) is 10.3 Å². The molecule has 0 fully saturated rings. The van der Waals surface area contributed by atoms with Crippen LogP contribution in [0.5, 0.6) is 0 Å². The first kappa shape index (κ1) is 13.1. The van der Waals surface area contributed by atoms with Gasteiger partial charge in [-0.15, -0.1) is 0 Å². The average molecular weight is 261 g/mol. The molecule has 1 aromatic heterocycles. The van der Waals surface area contributed by atoms with Gasteiger partial charge in [-0.25, -0.2) is 0 Å². The number of nitrogens with zero attached hydrogens (tertiary/aromatic N) is 1. The number of carbonyl (C=O) groups is 1. The second-order valence-electron chi connectivity index (χ2n) is 4.26. The van der Waals surface area contributed by atoms with E-state index >= 15 is 0 Å². The molecular weight excluding hydrogens is 246 g/mol. The van der Waals surface area contributed by atoms with E-state index in [0.717, 1.165) is 11.3 Å². The molecule has 0 saturated carbocycles. The Morgan fingerprint density at radius 2 is 2.16 bits per heavy atom. The number of nitrogens with one attached hydrogen (secondary N) is 1. The minimum absolute atomic E-state index is 0.00805. The minimum Gasteiger partial charge on any atom is -0.481 e. The molecule has 2 aromatic rings. The van der Waals surface area contributed by atoms with Crippen molar-refractivity contribution in [3.05, 3.63) is 41.8 Å². The Labute approximate surface area is 110 Å². The molecule has 0 spiro atoms. The minimum atomic E-state index is -0.852. The van der Waals surface area contributed by atoms with Gasteiger partial charge in [0.25, 0.3) is 6.01 Å². The third kappa shape index (κ3) is 3.56. The molecule has 0 aliphatic heterocycles. The number of benzene rings is 1. The Kier molecular flexibility index (Phi) is 3.82. The van der Waals surface area contributed by atoms with Crippen molar-refractivity contribution in [1.82, 2.24) is 4.98 Å². The van der Waals surface area contributed by atoms with E-state index in [9.17, 15) is 4.79 Å². The van der Waals surface area contributed by atoms with E-state index < -0.39 is 5.97 Å². The lowest BCUT2D eigenvalue weighted by molar-refractivity contribution is -0.136. The first-order valence-electron chi connectivity index (χ1n) is 5.83. The molecule has 19 heavy (non-hydrogen) atoms. The number of hydrogen-bond donors (Lipinski definition) is 3. The highest BCUT2D eigenvalue weighted by Crippen LogP contribution is 2.18. The third-order valence-corrected chi connectivity index (χ3v) is 2.55.